The SMILES string of the molecule is COCCCNC(=O)C(C)Sc1n[nH]c(-c2ccc(OC)cc2)n1. The number of benzene rings is 1. The van der Waals surface area contributed by atoms with Crippen LogP contribution in [0.2, 0.25) is 0 Å². The number of ether oxygens (including phenoxy) is 2. The first-order valence-electron chi connectivity index (χ1n) is 7.64. The molecular weight excluding hydrogens is 328 g/mol. The Hall–Kier alpha value is -2.06. The standard InChI is InChI=1S/C16H22N4O3S/c1-11(15(21)17-9-4-10-22-2)24-16-18-14(19-20-16)12-5-7-13(23-3)8-6-12/h5-8,11H,4,9-10H2,1-3H3,(H,17,21)(H,18,19,20). The number of hydrogen-bond donors (Lipinski definition) is 2. The molecule has 8 heteroatoms. The Kier molecular flexibility index (Phi) is 7.07. The van der Waals surface area contributed by atoms with Crippen LogP contribution in [0, 0.1) is 0 Å². The summed E-state index contributed by atoms with van der Waals surface area (Å²) in [5, 5.41) is 10.2. The topological polar surface area (TPSA) is 89.1 Å². The third-order valence-electron chi connectivity index (χ3n) is 3.30. The van der Waals surface area contributed by atoms with Crippen molar-refractivity contribution in [2.24, 2.45) is 0 Å². The van der Waals surface area contributed by atoms with Gasteiger partial charge in [0.25, 0.3) is 0 Å². The molecule has 2 rings (SSSR count). The van der Waals surface area contributed by atoms with Crippen LogP contribution in [0.5, 0.6) is 5.75 Å². The van der Waals surface area contributed by atoms with E-state index in [-0.39, 0.29) is 11.2 Å². The fraction of sp³-hybridized carbons (Fsp3) is 0.438. The van der Waals surface area contributed by atoms with Crippen LogP contribution in [-0.2, 0) is 9.53 Å². The highest BCUT2D eigenvalue weighted by Crippen LogP contribution is 2.24. The number of aromatic amines is 1. The van der Waals surface area contributed by atoms with E-state index in [9.17, 15) is 4.79 Å². The van der Waals surface area contributed by atoms with E-state index >= 15 is 0 Å². The number of hydrogen-bond acceptors (Lipinski definition) is 6. The highest BCUT2D eigenvalue weighted by Gasteiger charge is 2.17. The molecule has 1 unspecified atom stereocenters. The van der Waals surface area contributed by atoms with E-state index in [1.54, 1.807) is 14.2 Å². The van der Waals surface area contributed by atoms with E-state index in [4.69, 9.17) is 9.47 Å². The summed E-state index contributed by atoms with van der Waals surface area (Å²) in [7, 11) is 3.27. The molecule has 0 aliphatic carbocycles. The average molecular weight is 350 g/mol. The molecule has 0 saturated carbocycles. The van der Waals surface area contributed by atoms with Crippen LogP contribution in [-0.4, -0.2) is 53.7 Å². The monoisotopic (exact) mass is 350 g/mol. The minimum Gasteiger partial charge on any atom is -0.497 e. The zero-order chi connectivity index (χ0) is 17.4. The molecule has 7 nitrogen and oxygen atoms in total. The van der Waals surface area contributed by atoms with Crippen LogP contribution in [0.3, 0.4) is 0 Å². The van der Waals surface area contributed by atoms with E-state index in [2.05, 4.69) is 20.5 Å². The maximum Gasteiger partial charge on any atom is 0.233 e. The summed E-state index contributed by atoms with van der Waals surface area (Å²) in [4.78, 5) is 16.4. The number of carbonyl (C=O) groups is 1. The number of carbonyl (C=O) groups excluding carboxylic acids is 1. The molecule has 1 aromatic heterocycles. The van der Waals surface area contributed by atoms with Gasteiger partial charge in [-0.2, -0.15) is 0 Å². The Morgan fingerprint density at radius 1 is 1.33 bits per heavy atom. The smallest absolute Gasteiger partial charge is 0.233 e. The molecule has 1 atom stereocenters. The van der Waals surface area contributed by atoms with Crippen LogP contribution in [0.1, 0.15) is 13.3 Å². The molecule has 2 N–H and O–H groups in total. The lowest BCUT2D eigenvalue weighted by Gasteiger charge is -2.09. The molecule has 0 aliphatic heterocycles. The molecule has 1 aromatic carbocycles. The minimum atomic E-state index is -0.271. The predicted octanol–water partition coefficient (Wildman–Crippen LogP) is 2.11. The van der Waals surface area contributed by atoms with Crippen molar-refractivity contribution in [1.29, 1.82) is 0 Å². The van der Waals surface area contributed by atoms with Gasteiger partial charge >= 0.3 is 0 Å². The summed E-state index contributed by atoms with van der Waals surface area (Å²) in [5.74, 6) is 1.41. The molecule has 1 heterocycles. The number of amides is 1. The summed E-state index contributed by atoms with van der Waals surface area (Å²) in [5.41, 5.74) is 0.909. The van der Waals surface area contributed by atoms with E-state index in [1.807, 2.05) is 31.2 Å². The van der Waals surface area contributed by atoms with Crippen LogP contribution >= 0.6 is 11.8 Å². The number of aromatic nitrogens is 3. The molecular formula is C16H22N4O3S. The van der Waals surface area contributed by atoms with E-state index in [0.717, 1.165) is 17.7 Å². The maximum absolute atomic E-state index is 12.0. The number of thioether (sulfide) groups is 1. The molecule has 0 spiro atoms. The zero-order valence-corrected chi connectivity index (χ0v) is 14.9. The van der Waals surface area contributed by atoms with Gasteiger partial charge in [0.1, 0.15) is 5.75 Å². The Morgan fingerprint density at radius 3 is 2.75 bits per heavy atom. The summed E-state index contributed by atoms with van der Waals surface area (Å²) in [6.07, 6.45) is 0.794. The maximum atomic E-state index is 12.0. The second-order valence-electron chi connectivity index (χ2n) is 5.09. The van der Waals surface area contributed by atoms with Crippen molar-refractivity contribution in [2.45, 2.75) is 23.8 Å². The van der Waals surface area contributed by atoms with E-state index < -0.39 is 0 Å². The molecule has 0 radical (unpaired) electrons. The molecule has 0 aliphatic rings. The lowest BCUT2D eigenvalue weighted by atomic mass is 10.2. The predicted molar refractivity (Wildman–Crippen MR) is 93.2 cm³/mol. The molecule has 2 aromatic rings. The van der Waals surface area contributed by atoms with Gasteiger partial charge in [-0.25, -0.2) is 4.98 Å². The first-order chi connectivity index (χ1) is 11.6. The Morgan fingerprint density at radius 2 is 2.08 bits per heavy atom. The van der Waals surface area contributed by atoms with Gasteiger partial charge in [-0.1, -0.05) is 11.8 Å². The molecule has 1 amide bonds. The van der Waals surface area contributed by atoms with E-state index in [1.165, 1.54) is 11.8 Å². The van der Waals surface area contributed by atoms with Gasteiger partial charge in [-0.15, -0.1) is 5.10 Å². The van der Waals surface area contributed by atoms with Crippen molar-refractivity contribution in [3.05, 3.63) is 24.3 Å². The summed E-state index contributed by atoms with van der Waals surface area (Å²) >= 11 is 1.32. The van der Waals surface area contributed by atoms with Gasteiger partial charge in [-0.3, -0.25) is 9.89 Å². The second kappa shape index (κ2) is 9.29. The number of H-pyrrole nitrogens is 1. The quantitative estimate of drug-likeness (QED) is 0.532. The second-order valence-corrected chi connectivity index (χ2v) is 6.40. The van der Waals surface area contributed by atoms with Crippen molar-refractivity contribution in [2.75, 3.05) is 27.4 Å². The molecule has 0 saturated heterocycles. The number of nitrogens with zero attached hydrogens (tertiary/aromatic N) is 2. The molecule has 0 bridgehead atoms. The number of nitrogens with one attached hydrogen (secondary N) is 2. The van der Waals surface area contributed by atoms with Gasteiger partial charge in [0.15, 0.2) is 5.82 Å². The highest BCUT2D eigenvalue weighted by molar-refractivity contribution is 8.00. The first-order valence-corrected chi connectivity index (χ1v) is 8.52. The van der Waals surface area contributed by atoms with Crippen molar-refractivity contribution in [1.82, 2.24) is 20.5 Å². The first kappa shape index (κ1) is 18.3. The molecule has 24 heavy (non-hydrogen) atoms. The third-order valence-corrected chi connectivity index (χ3v) is 4.27. The van der Waals surface area contributed by atoms with Crippen LogP contribution in [0.4, 0.5) is 0 Å². The lowest BCUT2D eigenvalue weighted by Crippen LogP contribution is -2.32. The Bertz CT molecular complexity index is 645. The molecule has 0 fully saturated rings. The van der Waals surface area contributed by atoms with Gasteiger partial charge in [0.2, 0.25) is 11.1 Å². The zero-order valence-electron chi connectivity index (χ0n) is 14.0. The number of rotatable bonds is 9. The van der Waals surface area contributed by atoms with Crippen molar-refractivity contribution < 1.29 is 14.3 Å². The van der Waals surface area contributed by atoms with Crippen LogP contribution in [0.15, 0.2) is 29.4 Å². The minimum absolute atomic E-state index is 0.0353. The van der Waals surface area contributed by atoms with Gasteiger partial charge < -0.3 is 14.8 Å². The largest absolute Gasteiger partial charge is 0.497 e. The van der Waals surface area contributed by atoms with Gasteiger partial charge in [0.05, 0.1) is 12.4 Å². The Labute approximate surface area is 145 Å². The summed E-state index contributed by atoms with van der Waals surface area (Å²) in [6, 6.07) is 7.53. The van der Waals surface area contributed by atoms with Gasteiger partial charge in [0, 0.05) is 25.8 Å². The summed E-state index contributed by atoms with van der Waals surface area (Å²) in [6.45, 7) is 3.07. The van der Waals surface area contributed by atoms with Crippen LogP contribution in [0.25, 0.3) is 11.4 Å². The normalized spacial score (nSPS) is 12.0. The van der Waals surface area contributed by atoms with Crippen molar-refractivity contribution in [3.63, 3.8) is 0 Å². The van der Waals surface area contributed by atoms with E-state index in [0.29, 0.717) is 24.1 Å². The molecule has 130 valence electrons. The van der Waals surface area contributed by atoms with Crippen LogP contribution < -0.4 is 10.1 Å². The summed E-state index contributed by atoms with van der Waals surface area (Å²) < 4.78 is 10.1. The third kappa shape index (κ3) is 5.24. The Balaban J connectivity index is 1.89. The lowest BCUT2D eigenvalue weighted by molar-refractivity contribution is -0.120. The van der Waals surface area contributed by atoms with Crippen molar-refractivity contribution >= 4 is 17.7 Å². The fourth-order valence-corrected chi connectivity index (χ4v) is 2.71. The van der Waals surface area contributed by atoms with Crippen molar-refractivity contribution in [3.8, 4) is 17.1 Å². The number of methoxy groups -OCH3 is 2. The fourth-order valence-electron chi connectivity index (χ4n) is 1.96. The highest BCUT2D eigenvalue weighted by atomic mass is 32.2. The average Bonchev–Trinajstić information content (AvgIpc) is 3.07. The van der Waals surface area contributed by atoms with Gasteiger partial charge in [-0.05, 0) is 37.6 Å².